The monoisotopic (exact) mass is 178 g/mol. The second-order valence-electron chi connectivity index (χ2n) is 3.22. The summed E-state index contributed by atoms with van der Waals surface area (Å²) >= 11 is 0. The van der Waals surface area contributed by atoms with Crippen LogP contribution in [0.5, 0.6) is 0 Å². The maximum Gasteiger partial charge on any atom is 0.0369 e. The molecule has 72 valence electrons. The zero-order valence-corrected chi connectivity index (χ0v) is 8.43. The van der Waals surface area contributed by atoms with E-state index in [2.05, 4.69) is 37.4 Å². The largest absolute Gasteiger partial charge is 0.385 e. The van der Waals surface area contributed by atoms with Crippen molar-refractivity contribution in [2.24, 2.45) is 5.73 Å². The van der Waals surface area contributed by atoms with Gasteiger partial charge in [0.2, 0.25) is 0 Å². The van der Waals surface area contributed by atoms with E-state index in [4.69, 9.17) is 5.73 Å². The fourth-order valence-corrected chi connectivity index (χ4v) is 1.44. The van der Waals surface area contributed by atoms with Crippen LogP contribution in [0, 0.1) is 6.92 Å². The second-order valence-corrected chi connectivity index (χ2v) is 3.22. The van der Waals surface area contributed by atoms with Crippen LogP contribution in [0.3, 0.4) is 0 Å². The van der Waals surface area contributed by atoms with Crippen LogP contribution in [0.2, 0.25) is 0 Å². The van der Waals surface area contributed by atoms with E-state index in [1.54, 1.807) is 0 Å². The first-order valence-electron chi connectivity index (χ1n) is 4.81. The van der Waals surface area contributed by atoms with E-state index in [1.807, 2.05) is 0 Å². The number of rotatable bonds is 4. The third kappa shape index (κ3) is 2.74. The number of nitrogens with two attached hydrogens (primary N) is 1. The molecule has 0 amide bonds. The van der Waals surface area contributed by atoms with Crippen LogP contribution in [0.15, 0.2) is 18.2 Å². The van der Waals surface area contributed by atoms with Gasteiger partial charge in [0.25, 0.3) is 0 Å². The van der Waals surface area contributed by atoms with Gasteiger partial charge in [0.1, 0.15) is 0 Å². The normalized spacial score (nSPS) is 10.1. The van der Waals surface area contributed by atoms with Gasteiger partial charge in [-0.25, -0.2) is 0 Å². The summed E-state index contributed by atoms with van der Waals surface area (Å²) in [5.41, 5.74) is 9.34. The second kappa shape index (κ2) is 4.87. The molecule has 0 bridgehead atoms. The molecule has 0 atom stereocenters. The highest BCUT2D eigenvalue weighted by atomic mass is 14.9. The molecule has 0 spiro atoms. The van der Waals surface area contributed by atoms with Gasteiger partial charge < -0.3 is 11.1 Å². The number of hydrogen-bond donors (Lipinski definition) is 2. The van der Waals surface area contributed by atoms with Crippen molar-refractivity contribution in [3.63, 3.8) is 0 Å². The highest BCUT2D eigenvalue weighted by Crippen LogP contribution is 2.16. The van der Waals surface area contributed by atoms with Gasteiger partial charge in [-0.15, -0.1) is 0 Å². The summed E-state index contributed by atoms with van der Waals surface area (Å²) in [7, 11) is 0. The topological polar surface area (TPSA) is 38.0 Å². The molecule has 1 aromatic carbocycles. The van der Waals surface area contributed by atoms with E-state index in [0.717, 1.165) is 19.5 Å². The molecule has 0 aromatic heterocycles. The summed E-state index contributed by atoms with van der Waals surface area (Å²) in [6.07, 6.45) is 0.966. The molecule has 0 unspecified atom stereocenters. The molecule has 0 saturated heterocycles. The summed E-state index contributed by atoms with van der Waals surface area (Å²) in [6, 6.07) is 6.46. The predicted molar refractivity (Wildman–Crippen MR) is 58.1 cm³/mol. The summed E-state index contributed by atoms with van der Waals surface area (Å²) in [5, 5.41) is 3.31. The lowest BCUT2D eigenvalue weighted by atomic mass is 10.1. The van der Waals surface area contributed by atoms with E-state index < -0.39 is 0 Å². The van der Waals surface area contributed by atoms with Crippen LogP contribution in [-0.2, 0) is 6.42 Å². The van der Waals surface area contributed by atoms with Gasteiger partial charge in [-0.1, -0.05) is 12.1 Å². The Hall–Kier alpha value is -1.02. The molecular weight excluding hydrogens is 160 g/mol. The average molecular weight is 178 g/mol. The molecule has 13 heavy (non-hydrogen) atoms. The van der Waals surface area contributed by atoms with Crippen molar-refractivity contribution in [1.29, 1.82) is 0 Å². The fraction of sp³-hybridized carbons (Fsp3) is 0.455. The van der Waals surface area contributed by atoms with E-state index in [9.17, 15) is 0 Å². The van der Waals surface area contributed by atoms with Crippen LogP contribution in [-0.4, -0.2) is 13.1 Å². The number of benzene rings is 1. The minimum Gasteiger partial charge on any atom is -0.385 e. The van der Waals surface area contributed by atoms with Crippen molar-refractivity contribution in [3.8, 4) is 0 Å². The summed E-state index contributed by atoms with van der Waals surface area (Å²) < 4.78 is 0. The Morgan fingerprint density at radius 2 is 2.15 bits per heavy atom. The van der Waals surface area contributed by atoms with Gasteiger partial charge in [0.05, 0.1) is 0 Å². The maximum absolute atomic E-state index is 5.49. The third-order valence-corrected chi connectivity index (χ3v) is 2.09. The lowest BCUT2D eigenvalue weighted by molar-refractivity contribution is 0.966. The molecule has 0 heterocycles. The summed E-state index contributed by atoms with van der Waals surface area (Å²) in [4.78, 5) is 0. The smallest absolute Gasteiger partial charge is 0.0369 e. The molecule has 3 N–H and O–H groups in total. The van der Waals surface area contributed by atoms with E-state index in [-0.39, 0.29) is 0 Å². The SMILES string of the molecule is CCNc1ccc(CCN)cc1C. The molecular formula is C11H18N2. The Kier molecular flexibility index (Phi) is 3.77. The predicted octanol–water partition coefficient (Wildman–Crippen LogP) is 1.93. The molecule has 0 aliphatic rings. The van der Waals surface area contributed by atoms with Crippen LogP contribution in [0.25, 0.3) is 0 Å². The van der Waals surface area contributed by atoms with Gasteiger partial charge in [0.15, 0.2) is 0 Å². The van der Waals surface area contributed by atoms with Gasteiger partial charge >= 0.3 is 0 Å². The van der Waals surface area contributed by atoms with Crippen LogP contribution >= 0.6 is 0 Å². The minimum atomic E-state index is 0.722. The molecule has 0 fully saturated rings. The fourth-order valence-electron chi connectivity index (χ4n) is 1.44. The lowest BCUT2D eigenvalue weighted by Gasteiger charge is -2.08. The number of nitrogens with one attached hydrogen (secondary N) is 1. The Balaban J connectivity index is 2.79. The van der Waals surface area contributed by atoms with Crippen molar-refractivity contribution in [1.82, 2.24) is 0 Å². The molecule has 2 nitrogen and oxygen atoms in total. The number of aryl methyl sites for hydroxylation is 1. The molecule has 0 aliphatic carbocycles. The minimum absolute atomic E-state index is 0.722. The molecule has 2 heteroatoms. The third-order valence-electron chi connectivity index (χ3n) is 2.09. The van der Waals surface area contributed by atoms with Gasteiger partial charge in [-0.2, -0.15) is 0 Å². The van der Waals surface area contributed by atoms with Crippen molar-refractivity contribution in [2.45, 2.75) is 20.3 Å². The van der Waals surface area contributed by atoms with Crippen LogP contribution < -0.4 is 11.1 Å². The Labute approximate surface area is 80.1 Å². The number of anilines is 1. The van der Waals surface area contributed by atoms with Gasteiger partial charge in [-0.3, -0.25) is 0 Å². The van der Waals surface area contributed by atoms with Gasteiger partial charge in [0, 0.05) is 12.2 Å². The van der Waals surface area contributed by atoms with Crippen LogP contribution in [0.1, 0.15) is 18.1 Å². The van der Waals surface area contributed by atoms with Crippen molar-refractivity contribution < 1.29 is 0 Å². The Morgan fingerprint density at radius 1 is 1.38 bits per heavy atom. The van der Waals surface area contributed by atoms with Gasteiger partial charge in [-0.05, 0) is 44.0 Å². The Morgan fingerprint density at radius 3 is 2.69 bits per heavy atom. The highest BCUT2D eigenvalue weighted by Gasteiger charge is 1.97. The first kappa shape index (κ1) is 10.1. The Bertz CT molecular complexity index is 269. The zero-order chi connectivity index (χ0) is 9.68. The van der Waals surface area contributed by atoms with Crippen molar-refractivity contribution in [2.75, 3.05) is 18.4 Å². The van der Waals surface area contributed by atoms with E-state index >= 15 is 0 Å². The van der Waals surface area contributed by atoms with Crippen molar-refractivity contribution in [3.05, 3.63) is 29.3 Å². The first-order chi connectivity index (χ1) is 6.27. The summed E-state index contributed by atoms with van der Waals surface area (Å²) in [6.45, 7) is 5.92. The summed E-state index contributed by atoms with van der Waals surface area (Å²) in [5.74, 6) is 0. The van der Waals surface area contributed by atoms with E-state index in [0.29, 0.717) is 0 Å². The quantitative estimate of drug-likeness (QED) is 0.739. The van der Waals surface area contributed by atoms with Crippen LogP contribution in [0.4, 0.5) is 5.69 Å². The zero-order valence-electron chi connectivity index (χ0n) is 8.43. The lowest BCUT2D eigenvalue weighted by Crippen LogP contribution is -2.04. The average Bonchev–Trinajstić information content (AvgIpc) is 2.10. The number of hydrogen-bond acceptors (Lipinski definition) is 2. The molecule has 0 aliphatic heterocycles. The van der Waals surface area contributed by atoms with Crippen molar-refractivity contribution >= 4 is 5.69 Å². The molecule has 0 radical (unpaired) electrons. The molecule has 0 saturated carbocycles. The molecule has 1 rings (SSSR count). The standard InChI is InChI=1S/C11H18N2/c1-3-13-11-5-4-10(6-7-12)8-9(11)2/h4-5,8,13H,3,6-7,12H2,1-2H3. The maximum atomic E-state index is 5.49. The molecule has 1 aromatic rings. The highest BCUT2D eigenvalue weighted by molar-refractivity contribution is 5.51. The first-order valence-corrected chi connectivity index (χ1v) is 4.81. The van der Waals surface area contributed by atoms with E-state index in [1.165, 1.54) is 16.8 Å².